The Balaban J connectivity index is 2.20. The molecule has 0 amide bonds. The summed E-state index contributed by atoms with van der Waals surface area (Å²) in [6.07, 6.45) is 4.16. The Bertz CT molecular complexity index is 724. The van der Waals surface area contributed by atoms with Gasteiger partial charge in [0.1, 0.15) is 16.7 Å². The van der Waals surface area contributed by atoms with E-state index < -0.39 is 15.2 Å². The van der Waals surface area contributed by atoms with Crippen LogP contribution in [0.4, 0.5) is 0 Å². The van der Waals surface area contributed by atoms with Gasteiger partial charge in [0, 0.05) is 12.6 Å². The van der Waals surface area contributed by atoms with E-state index >= 15 is 0 Å². The molecule has 1 aliphatic rings. The molecule has 3 rings (SSSR count). The zero-order valence-electron chi connectivity index (χ0n) is 11.1. The van der Waals surface area contributed by atoms with Crippen LogP contribution in [0.15, 0.2) is 18.3 Å². The fraction of sp³-hybridized carbons (Fsp3) is 0.538. The predicted octanol–water partition coefficient (Wildman–Crippen LogP) is 1.06. The Labute approximate surface area is 117 Å². The van der Waals surface area contributed by atoms with Crippen LogP contribution in [-0.2, 0) is 16.3 Å². The molecule has 1 fully saturated rings. The van der Waals surface area contributed by atoms with Crippen molar-refractivity contribution in [1.29, 1.82) is 0 Å². The third-order valence-electron chi connectivity index (χ3n) is 3.69. The van der Waals surface area contributed by atoms with Crippen molar-refractivity contribution in [2.24, 2.45) is 0 Å². The first-order valence-corrected chi connectivity index (χ1v) is 8.49. The number of rotatable bonds is 3. The largest absolute Gasteiger partial charge is 0.396 e. The van der Waals surface area contributed by atoms with Gasteiger partial charge in [0.15, 0.2) is 15.5 Å². The lowest BCUT2D eigenvalue weighted by Crippen LogP contribution is -2.28. The zero-order chi connectivity index (χ0) is 14.2. The van der Waals surface area contributed by atoms with Gasteiger partial charge in [-0.05, 0) is 31.4 Å². The van der Waals surface area contributed by atoms with Crippen LogP contribution < -0.4 is 0 Å². The second-order valence-corrected chi connectivity index (χ2v) is 7.31. The quantitative estimate of drug-likeness (QED) is 0.915. The van der Waals surface area contributed by atoms with Gasteiger partial charge in [-0.2, -0.15) is 0 Å². The van der Waals surface area contributed by atoms with E-state index in [0.29, 0.717) is 36.3 Å². The number of aliphatic hydroxyl groups excluding tert-OH is 1. The summed E-state index contributed by atoms with van der Waals surface area (Å²) < 4.78 is 26.4. The number of pyridine rings is 1. The number of aliphatic hydroxyl groups is 1. The molecule has 0 bridgehead atoms. The van der Waals surface area contributed by atoms with Crippen LogP contribution in [0.5, 0.6) is 0 Å². The molecule has 0 spiro atoms. The van der Waals surface area contributed by atoms with Crippen LogP contribution in [0, 0.1) is 0 Å². The van der Waals surface area contributed by atoms with Crippen molar-refractivity contribution in [2.45, 2.75) is 31.1 Å². The molecule has 2 aromatic heterocycles. The van der Waals surface area contributed by atoms with Gasteiger partial charge in [-0.3, -0.25) is 4.57 Å². The SMILES string of the molecule is O=S1(=O)CCCCC1n1c(CCO)nc2cccnc21. The lowest BCUT2D eigenvalue weighted by molar-refractivity contribution is 0.294. The maximum absolute atomic E-state index is 12.3. The number of sulfone groups is 1. The van der Waals surface area contributed by atoms with E-state index in [9.17, 15) is 13.5 Å². The first-order valence-electron chi connectivity index (χ1n) is 6.78. The normalized spacial score (nSPS) is 22.1. The molecule has 0 aromatic carbocycles. The van der Waals surface area contributed by atoms with Crippen molar-refractivity contribution in [3.8, 4) is 0 Å². The summed E-state index contributed by atoms with van der Waals surface area (Å²) in [7, 11) is -3.18. The summed E-state index contributed by atoms with van der Waals surface area (Å²) in [5.74, 6) is 0.805. The smallest absolute Gasteiger partial charge is 0.171 e. The zero-order valence-corrected chi connectivity index (χ0v) is 11.9. The van der Waals surface area contributed by atoms with Crippen LogP contribution in [-0.4, -0.2) is 40.4 Å². The second-order valence-electron chi connectivity index (χ2n) is 5.04. The molecule has 1 atom stereocenters. The Hall–Kier alpha value is -1.47. The lowest BCUT2D eigenvalue weighted by Gasteiger charge is -2.25. The van der Waals surface area contributed by atoms with E-state index in [0.717, 1.165) is 6.42 Å². The topological polar surface area (TPSA) is 85.1 Å². The maximum Gasteiger partial charge on any atom is 0.171 e. The van der Waals surface area contributed by atoms with Crippen LogP contribution in [0.2, 0.25) is 0 Å². The van der Waals surface area contributed by atoms with Crippen molar-refractivity contribution in [3.63, 3.8) is 0 Å². The molecule has 0 saturated carbocycles. The molecular weight excluding hydrogens is 278 g/mol. The molecule has 108 valence electrons. The minimum Gasteiger partial charge on any atom is -0.396 e. The van der Waals surface area contributed by atoms with Crippen LogP contribution >= 0.6 is 0 Å². The summed E-state index contributed by atoms with van der Waals surface area (Å²) in [4.78, 5) is 8.70. The minimum absolute atomic E-state index is 0.0594. The van der Waals surface area contributed by atoms with E-state index in [-0.39, 0.29) is 12.4 Å². The Morgan fingerprint density at radius 2 is 2.25 bits per heavy atom. The number of aromatic nitrogens is 3. The highest BCUT2D eigenvalue weighted by Crippen LogP contribution is 2.32. The van der Waals surface area contributed by atoms with Gasteiger partial charge in [0.2, 0.25) is 0 Å². The Morgan fingerprint density at radius 1 is 1.40 bits per heavy atom. The Morgan fingerprint density at radius 3 is 3.00 bits per heavy atom. The van der Waals surface area contributed by atoms with Crippen molar-refractivity contribution < 1.29 is 13.5 Å². The standard InChI is InChI=1S/C13H17N3O3S/c17-8-6-11-15-10-4-3-7-14-13(10)16(11)12-5-1-2-9-20(12,18)19/h3-4,7,12,17H,1-2,5-6,8-9H2. The van der Waals surface area contributed by atoms with E-state index in [1.165, 1.54) is 0 Å². The van der Waals surface area contributed by atoms with Gasteiger partial charge in [-0.15, -0.1) is 0 Å². The summed E-state index contributed by atoms with van der Waals surface area (Å²) >= 11 is 0. The summed E-state index contributed by atoms with van der Waals surface area (Å²) in [6, 6.07) is 3.59. The summed E-state index contributed by atoms with van der Waals surface area (Å²) in [5, 5.41) is 8.58. The molecule has 0 aliphatic carbocycles. The number of hydrogen-bond donors (Lipinski definition) is 1. The van der Waals surface area contributed by atoms with E-state index in [2.05, 4.69) is 9.97 Å². The molecular formula is C13H17N3O3S. The monoisotopic (exact) mass is 295 g/mol. The van der Waals surface area contributed by atoms with Crippen LogP contribution in [0.1, 0.15) is 30.5 Å². The molecule has 1 N–H and O–H groups in total. The molecule has 1 saturated heterocycles. The number of hydrogen-bond acceptors (Lipinski definition) is 5. The van der Waals surface area contributed by atoms with Gasteiger partial charge in [0.05, 0.1) is 12.4 Å². The molecule has 20 heavy (non-hydrogen) atoms. The second kappa shape index (κ2) is 5.14. The highest BCUT2D eigenvalue weighted by atomic mass is 32.2. The average molecular weight is 295 g/mol. The van der Waals surface area contributed by atoms with Gasteiger partial charge < -0.3 is 5.11 Å². The van der Waals surface area contributed by atoms with Gasteiger partial charge in [0.25, 0.3) is 0 Å². The average Bonchev–Trinajstić information content (AvgIpc) is 2.77. The molecule has 1 aliphatic heterocycles. The minimum atomic E-state index is -3.18. The first kappa shape index (κ1) is 13.5. The summed E-state index contributed by atoms with van der Waals surface area (Å²) in [5.41, 5.74) is 1.27. The van der Waals surface area contributed by atoms with E-state index in [4.69, 9.17) is 0 Å². The fourth-order valence-electron chi connectivity index (χ4n) is 2.78. The fourth-order valence-corrected chi connectivity index (χ4v) is 4.73. The molecule has 0 radical (unpaired) electrons. The molecule has 3 heterocycles. The molecule has 2 aromatic rings. The lowest BCUT2D eigenvalue weighted by atomic mass is 10.2. The van der Waals surface area contributed by atoms with E-state index in [1.807, 2.05) is 6.07 Å². The highest BCUT2D eigenvalue weighted by Gasteiger charge is 2.33. The van der Waals surface area contributed by atoms with Crippen molar-refractivity contribution >= 4 is 21.0 Å². The molecule has 1 unspecified atom stereocenters. The predicted molar refractivity (Wildman–Crippen MR) is 75.0 cm³/mol. The van der Waals surface area contributed by atoms with Gasteiger partial charge in [-0.1, -0.05) is 0 Å². The van der Waals surface area contributed by atoms with Crippen LogP contribution in [0.3, 0.4) is 0 Å². The molecule has 7 heteroatoms. The Kier molecular flexibility index (Phi) is 3.47. The van der Waals surface area contributed by atoms with Crippen molar-refractivity contribution in [3.05, 3.63) is 24.2 Å². The summed E-state index contributed by atoms with van der Waals surface area (Å²) in [6.45, 7) is -0.0594. The van der Waals surface area contributed by atoms with Crippen LogP contribution in [0.25, 0.3) is 11.2 Å². The van der Waals surface area contributed by atoms with Gasteiger partial charge >= 0.3 is 0 Å². The third kappa shape index (κ3) is 2.20. The number of fused-ring (bicyclic) bond motifs is 1. The third-order valence-corrected chi connectivity index (χ3v) is 5.82. The van der Waals surface area contributed by atoms with Crippen molar-refractivity contribution in [2.75, 3.05) is 12.4 Å². The highest BCUT2D eigenvalue weighted by molar-refractivity contribution is 7.91. The maximum atomic E-state index is 12.3. The van der Waals surface area contributed by atoms with Crippen molar-refractivity contribution in [1.82, 2.24) is 14.5 Å². The van der Waals surface area contributed by atoms with E-state index in [1.54, 1.807) is 16.8 Å². The van der Waals surface area contributed by atoms with Gasteiger partial charge in [-0.25, -0.2) is 18.4 Å². The number of imidazole rings is 1. The first-order chi connectivity index (χ1) is 9.63. The number of nitrogens with zero attached hydrogens (tertiary/aromatic N) is 3. The molecule has 6 nitrogen and oxygen atoms in total.